The lowest BCUT2D eigenvalue weighted by Crippen LogP contribution is -2.17. The average Bonchev–Trinajstić information content (AvgIpc) is 2.58. The van der Waals surface area contributed by atoms with E-state index in [0.717, 1.165) is 16.8 Å². The molecule has 2 N–H and O–H groups in total. The molecule has 0 aliphatic heterocycles. The van der Waals surface area contributed by atoms with Gasteiger partial charge in [-0.3, -0.25) is 4.79 Å². The minimum Gasteiger partial charge on any atom is -0.493 e. The Labute approximate surface area is 153 Å². The molecule has 0 saturated carbocycles. The summed E-state index contributed by atoms with van der Waals surface area (Å²) in [5.41, 5.74) is 3.54. The lowest BCUT2D eigenvalue weighted by Gasteiger charge is -2.13. The molecule has 2 rings (SSSR count). The molecule has 6 heteroatoms. The number of carbonyl (C=O) groups excluding carboxylic acids is 1. The highest BCUT2D eigenvalue weighted by Gasteiger charge is 2.10. The highest BCUT2D eigenvalue weighted by atomic mass is 35.5. The summed E-state index contributed by atoms with van der Waals surface area (Å²) in [5, 5.41) is 6.63. The van der Waals surface area contributed by atoms with Gasteiger partial charge in [0.1, 0.15) is 0 Å². The molecule has 0 aliphatic carbocycles. The van der Waals surface area contributed by atoms with Gasteiger partial charge in [-0.05, 0) is 43.2 Å². The van der Waals surface area contributed by atoms with E-state index >= 15 is 0 Å². The second-order valence-electron chi connectivity index (χ2n) is 5.73. The van der Waals surface area contributed by atoms with Crippen LogP contribution in [-0.4, -0.2) is 26.7 Å². The fourth-order valence-corrected chi connectivity index (χ4v) is 2.91. The van der Waals surface area contributed by atoms with Gasteiger partial charge < -0.3 is 20.1 Å². The SMILES string of the molecule is COc1ccc(NCCC(=O)Nc2c(C)cc(C)cc2Cl)cc1OC. The van der Waals surface area contributed by atoms with E-state index in [9.17, 15) is 4.79 Å². The average molecular weight is 363 g/mol. The van der Waals surface area contributed by atoms with Crippen molar-refractivity contribution in [2.45, 2.75) is 20.3 Å². The fourth-order valence-electron chi connectivity index (χ4n) is 2.54. The van der Waals surface area contributed by atoms with Crippen LogP contribution in [0.1, 0.15) is 17.5 Å². The summed E-state index contributed by atoms with van der Waals surface area (Å²) < 4.78 is 10.5. The summed E-state index contributed by atoms with van der Waals surface area (Å²) in [6.45, 7) is 4.39. The van der Waals surface area contributed by atoms with Crippen molar-refractivity contribution in [3.8, 4) is 11.5 Å². The molecular formula is C19H23ClN2O3. The first-order valence-corrected chi connectivity index (χ1v) is 8.35. The number of anilines is 2. The van der Waals surface area contributed by atoms with Crippen LogP contribution in [0.5, 0.6) is 11.5 Å². The van der Waals surface area contributed by atoms with Gasteiger partial charge in [-0.25, -0.2) is 0 Å². The summed E-state index contributed by atoms with van der Waals surface area (Å²) in [4.78, 5) is 12.2. The molecule has 0 fully saturated rings. The first-order chi connectivity index (χ1) is 11.9. The van der Waals surface area contributed by atoms with Crippen molar-refractivity contribution >= 4 is 28.9 Å². The fraction of sp³-hybridized carbons (Fsp3) is 0.316. The van der Waals surface area contributed by atoms with Crippen LogP contribution in [0.25, 0.3) is 0 Å². The maximum Gasteiger partial charge on any atom is 0.226 e. The van der Waals surface area contributed by atoms with Gasteiger partial charge in [-0.15, -0.1) is 0 Å². The first kappa shape index (κ1) is 18.9. The molecule has 0 spiro atoms. The predicted octanol–water partition coefficient (Wildman–Crippen LogP) is 4.41. The molecule has 0 radical (unpaired) electrons. The number of methoxy groups -OCH3 is 2. The van der Waals surface area contributed by atoms with Gasteiger partial charge in [0.05, 0.1) is 24.9 Å². The van der Waals surface area contributed by atoms with Crippen LogP contribution in [0, 0.1) is 13.8 Å². The third-order valence-corrected chi connectivity index (χ3v) is 4.06. The maximum absolute atomic E-state index is 12.2. The van der Waals surface area contributed by atoms with E-state index in [-0.39, 0.29) is 5.91 Å². The van der Waals surface area contributed by atoms with Crippen LogP contribution in [0.3, 0.4) is 0 Å². The Morgan fingerprint density at radius 3 is 2.44 bits per heavy atom. The van der Waals surface area contributed by atoms with E-state index in [1.54, 1.807) is 14.2 Å². The Morgan fingerprint density at radius 2 is 1.80 bits per heavy atom. The monoisotopic (exact) mass is 362 g/mol. The molecular weight excluding hydrogens is 340 g/mol. The Bertz CT molecular complexity index is 739. The number of rotatable bonds is 7. The molecule has 0 atom stereocenters. The highest BCUT2D eigenvalue weighted by Crippen LogP contribution is 2.30. The summed E-state index contributed by atoms with van der Waals surface area (Å²) in [5.74, 6) is 1.20. The smallest absolute Gasteiger partial charge is 0.226 e. The van der Waals surface area contributed by atoms with Crippen LogP contribution >= 0.6 is 11.6 Å². The minimum atomic E-state index is -0.0955. The zero-order chi connectivity index (χ0) is 18.4. The van der Waals surface area contributed by atoms with Crippen molar-refractivity contribution in [2.24, 2.45) is 0 Å². The van der Waals surface area contributed by atoms with Gasteiger partial charge >= 0.3 is 0 Å². The van der Waals surface area contributed by atoms with E-state index in [0.29, 0.717) is 35.2 Å². The normalized spacial score (nSPS) is 10.3. The van der Waals surface area contributed by atoms with Crippen molar-refractivity contribution in [1.29, 1.82) is 0 Å². The van der Waals surface area contributed by atoms with Crippen LogP contribution in [0.15, 0.2) is 30.3 Å². The van der Waals surface area contributed by atoms with Crippen LogP contribution in [-0.2, 0) is 4.79 Å². The molecule has 0 aliphatic rings. The largest absolute Gasteiger partial charge is 0.493 e. The topological polar surface area (TPSA) is 59.6 Å². The molecule has 1 amide bonds. The summed E-state index contributed by atoms with van der Waals surface area (Å²) in [7, 11) is 3.18. The third kappa shape index (κ3) is 5.03. The lowest BCUT2D eigenvalue weighted by atomic mass is 10.1. The standard InChI is InChI=1S/C19H23ClN2O3/c1-12-9-13(2)19(15(20)10-12)22-18(23)7-8-21-14-5-6-16(24-3)17(11-14)25-4/h5-6,9-11,21H,7-8H2,1-4H3,(H,22,23). The first-order valence-electron chi connectivity index (χ1n) is 7.97. The van der Waals surface area contributed by atoms with Gasteiger partial charge in [0.15, 0.2) is 11.5 Å². The number of hydrogen-bond acceptors (Lipinski definition) is 4. The van der Waals surface area contributed by atoms with E-state index in [1.807, 2.05) is 44.2 Å². The zero-order valence-corrected chi connectivity index (χ0v) is 15.7. The van der Waals surface area contributed by atoms with Crippen LogP contribution in [0.2, 0.25) is 5.02 Å². The second kappa shape index (κ2) is 8.62. The van der Waals surface area contributed by atoms with Crippen molar-refractivity contribution in [3.05, 3.63) is 46.5 Å². The zero-order valence-electron chi connectivity index (χ0n) is 14.9. The Hall–Kier alpha value is -2.40. The van der Waals surface area contributed by atoms with Gasteiger partial charge in [0.2, 0.25) is 5.91 Å². The van der Waals surface area contributed by atoms with E-state index < -0.39 is 0 Å². The highest BCUT2D eigenvalue weighted by molar-refractivity contribution is 6.34. The third-order valence-electron chi connectivity index (χ3n) is 3.76. The quantitative estimate of drug-likeness (QED) is 0.765. The molecule has 25 heavy (non-hydrogen) atoms. The van der Waals surface area contributed by atoms with Gasteiger partial charge in [0, 0.05) is 24.7 Å². The molecule has 2 aromatic rings. The van der Waals surface area contributed by atoms with Crippen molar-refractivity contribution < 1.29 is 14.3 Å². The minimum absolute atomic E-state index is 0.0955. The van der Waals surface area contributed by atoms with Crippen molar-refractivity contribution in [3.63, 3.8) is 0 Å². The molecule has 0 saturated heterocycles. The molecule has 0 bridgehead atoms. The number of aryl methyl sites for hydroxylation is 2. The number of amides is 1. The number of nitrogens with one attached hydrogen (secondary N) is 2. The predicted molar refractivity (Wildman–Crippen MR) is 102 cm³/mol. The molecule has 0 aromatic heterocycles. The van der Waals surface area contributed by atoms with E-state index in [1.165, 1.54) is 0 Å². The maximum atomic E-state index is 12.2. The van der Waals surface area contributed by atoms with E-state index in [4.69, 9.17) is 21.1 Å². The van der Waals surface area contributed by atoms with Gasteiger partial charge in [-0.2, -0.15) is 0 Å². The lowest BCUT2D eigenvalue weighted by molar-refractivity contribution is -0.115. The Balaban J connectivity index is 1.91. The van der Waals surface area contributed by atoms with E-state index in [2.05, 4.69) is 10.6 Å². The van der Waals surface area contributed by atoms with Crippen LogP contribution in [0.4, 0.5) is 11.4 Å². The molecule has 134 valence electrons. The summed E-state index contributed by atoms with van der Waals surface area (Å²) in [6.07, 6.45) is 0.317. The number of halogens is 1. The Morgan fingerprint density at radius 1 is 1.08 bits per heavy atom. The molecule has 0 unspecified atom stereocenters. The molecule has 2 aromatic carbocycles. The van der Waals surface area contributed by atoms with Crippen molar-refractivity contribution in [2.75, 3.05) is 31.4 Å². The number of hydrogen-bond donors (Lipinski definition) is 2. The van der Waals surface area contributed by atoms with Gasteiger partial charge in [0.25, 0.3) is 0 Å². The second-order valence-corrected chi connectivity index (χ2v) is 6.14. The summed E-state index contributed by atoms with van der Waals surface area (Å²) in [6, 6.07) is 9.35. The number of carbonyl (C=O) groups is 1. The van der Waals surface area contributed by atoms with Crippen molar-refractivity contribution in [1.82, 2.24) is 0 Å². The summed E-state index contributed by atoms with van der Waals surface area (Å²) >= 11 is 6.21. The number of benzene rings is 2. The number of ether oxygens (including phenoxy) is 2. The molecule has 0 heterocycles. The van der Waals surface area contributed by atoms with Crippen LogP contribution < -0.4 is 20.1 Å². The molecule has 5 nitrogen and oxygen atoms in total. The Kier molecular flexibility index (Phi) is 6.53. The van der Waals surface area contributed by atoms with Gasteiger partial charge in [-0.1, -0.05) is 17.7 Å².